The number of hydrogen-bond donors (Lipinski definition) is 1. The van der Waals surface area contributed by atoms with Crippen LogP contribution in [0.3, 0.4) is 0 Å². The fourth-order valence-electron chi connectivity index (χ4n) is 5.11. The number of imidazole rings is 1. The summed E-state index contributed by atoms with van der Waals surface area (Å²) in [5.74, 6) is 0.189. The summed E-state index contributed by atoms with van der Waals surface area (Å²) in [6, 6.07) is 7.11. The molecule has 1 aromatic carbocycles. The van der Waals surface area contributed by atoms with E-state index in [2.05, 4.69) is 15.0 Å². The molecule has 6 atom stereocenters. The molecule has 0 radical (unpaired) electrons. The molecule has 0 saturated carbocycles. The van der Waals surface area contributed by atoms with Gasteiger partial charge in [-0.2, -0.15) is 0 Å². The SMILES string of the molecule is CC1(C)CC(c2cccc(Cl)c2)OP(=O)(OC[C@H]2O[C@@H](n3cnc4c(N)ncnc43)[C@]3(C)OC(=O)O[C@H]23)O1. The maximum absolute atomic E-state index is 13.7. The lowest BCUT2D eigenvalue weighted by atomic mass is 9.96. The third kappa shape index (κ3) is 4.33. The summed E-state index contributed by atoms with van der Waals surface area (Å²) in [7, 11) is -4.08. The molecule has 6 rings (SSSR count). The van der Waals surface area contributed by atoms with Gasteiger partial charge in [0.1, 0.15) is 17.9 Å². The average Bonchev–Trinajstić information content (AvgIpc) is 3.46. The van der Waals surface area contributed by atoms with Crippen LogP contribution in [-0.2, 0) is 32.3 Å². The molecular weight excluding hydrogens is 541 g/mol. The van der Waals surface area contributed by atoms with E-state index in [-0.39, 0.29) is 12.4 Å². The van der Waals surface area contributed by atoms with Crippen molar-refractivity contribution in [3.63, 3.8) is 0 Å². The summed E-state index contributed by atoms with van der Waals surface area (Å²) >= 11 is 6.15. The molecule has 3 aliphatic rings. The van der Waals surface area contributed by atoms with Gasteiger partial charge in [-0.1, -0.05) is 23.7 Å². The van der Waals surface area contributed by atoms with E-state index in [4.69, 9.17) is 45.1 Å². The summed E-state index contributed by atoms with van der Waals surface area (Å²) in [4.78, 5) is 24.7. The highest BCUT2D eigenvalue weighted by molar-refractivity contribution is 7.48. The number of anilines is 1. The predicted molar refractivity (Wildman–Crippen MR) is 132 cm³/mol. The molecule has 38 heavy (non-hydrogen) atoms. The maximum Gasteiger partial charge on any atom is 0.509 e. The fraction of sp³-hybridized carbons (Fsp3) is 0.478. The fourth-order valence-corrected chi connectivity index (χ4v) is 6.98. The maximum atomic E-state index is 13.7. The zero-order valence-corrected chi connectivity index (χ0v) is 22.3. The van der Waals surface area contributed by atoms with Crippen LogP contribution in [0.1, 0.15) is 45.1 Å². The van der Waals surface area contributed by atoms with Gasteiger partial charge in [0.25, 0.3) is 0 Å². The molecule has 5 heterocycles. The lowest BCUT2D eigenvalue weighted by Crippen LogP contribution is -2.42. The Bertz CT molecular complexity index is 1470. The zero-order chi connectivity index (χ0) is 26.9. The van der Waals surface area contributed by atoms with Gasteiger partial charge >= 0.3 is 14.0 Å². The predicted octanol–water partition coefficient (Wildman–Crippen LogP) is 4.33. The first-order valence-corrected chi connectivity index (χ1v) is 13.7. The number of halogens is 1. The Morgan fingerprint density at radius 2 is 2.08 bits per heavy atom. The molecule has 2 unspecified atom stereocenters. The van der Waals surface area contributed by atoms with E-state index in [0.717, 1.165) is 5.56 Å². The number of fused-ring (bicyclic) bond motifs is 2. The molecule has 3 fully saturated rings. The molecule has 3 aromatic rings. The second kappa shape index (κ2) is 8.87. The van der Waals surface area contributed by atoms with Gasteiger partial charge < -0.3 is 19.9 Å². The van der Waals surface area contributed by atoms with E-state index < -0.39 is 49.7 Å². The molecule has 0 aliphatic carbocycles. The number of nitrogen functional groups attached to an aromatic ring is 1. The quantitative estimate of drug-likeness (QED) is 0.345. The summed E-state index contributed by atoms with van der Waals surface area (Å²) in [5, 5.41) is 0.526. The summed E-state index contributed by atoms with van der Waals surface area (Å²) in [5.41, 5.74) is 5.31. The number of carbonyl (C=O) groups excluding carboxylic acids is 1. The minimum absolute atomic E-state index is 0.189. The van der Waals surface area contributed by atoms with Gasteiger partial charge in [-0.15, -0.1) is 0 Å². The molecule has 15 heteroatoms. The largest absolute Gasteiger partial charge is 0.509 e. The zero-order valence-electron chi connectivity index (χ0n) is 20.6. The molecule has 0 spiro atoms. The molecule has 3 saturated heterocycles. The van der Waals surface area contributed by atoms with Crippen LogP contribution in [0.5, 0.6) is 0 Å². The Morgan fingerprint density at radius 1 is 1.26 bits per heavy atom. The highest BCUT2D eigenvalue weighted by atomic mass is 35.5. The Hall–Kier alpha value is -2.80. The lowest BCUT2D eigenvalue weighted by Gasteiger charge is -2.39. The van der Waals surface area contributed by atoms with Crippen molar-refractivity contribution in [2.24, 2.45) is 0 Å². The van der Waals surface area contributed by atoms with Gasteiger partial charge in [0, 0.05) is 11.4 Å². The third-order valence-electron chi connectivity index (χ3n) is 6.77. The first kappa shape index (κ1) is 25.5. The number of nitrogens with zero attached hydrogens (tertiary/aromatic N) is 4. The first-order chi connectivity index (χ1) is 18.0. The number of hydrogen-bond acceptors (Lipinski definition) is 12. The Labute approximate surface area is 222 Å². The number of carbonyl (C=O) groups is 1. The topological polar surface area (TPSA) is 159 Å². The summed E-state index contributed by atoms with van der Waals surface area (Å²) < 4.78 is 49.9. The molecular formula is C23H25ClN5O8P. The van der Waals surface area contributed by atoms with Crippen LogP contribution in [-0.4, -0.2) is 55.7 Å². The molecule has 3 aliphatic heterocycles. The van der Waals surface area contributed by atoms with Gasteiger partial charge in [-0.05, 0) is 38.5 Å². The summed E-state index contributed by atoms with van der Waals surface area (Å²) in [6.45, 7) is 4.98. The minimum atomic E-state index is -4.08. The second-order valence-corrected chi connectivity index (χ2v) is 12.1. The highest BCUT2D eigenvalue weighted by Gasteiger charge is 2.65. The minimum Gasteiger partial charge on any atom is -0.424 e. The van der Waals surface area contributed by atoms with E-state index in [1.54, 1.807) is 43.5 Å². The van der Waals surface area contributed by atoms with Crippen molar-refractivity contribution in [3.8, 4) is 0 Å². The van der Waals surface area contributed by atoms with Gasteiger partial charge in [0.2, 0.25) is 0 Å². The van der Waals surface area contributed by atoms with E-state index in [1.807, 2.05) is 6.07 Å². The number of benzene rings is 1. The standard InChI is InChI=1S/C23H25ClN5O8P/c1-22(2)8-14(12-5-4-6-13(24)7-12)36-38(31,37-22)32-9-15-17-23(3,35-21(30)34-17)20(33-15)29-11-28-16-18(25)26-10-27-19(16)29/h4-7,10-11,14-15,17,20H,8-9H2,1-3H3,(H2,25,26,27)/t14?,15-,17-,20-,23-,38?/m1/s1. The number of nitrogens with two attached hydrogens (primary N) is 1. The molecule has 13 nitrogen and oxygen atoms in total. The Balaban J connectivity index is 1.25. The van der Waals surface area contributed by atoms with Crippen LogP contribution in [0.2, 0.25) is 5.02 Å². The van der Waals surface area contributed by atoms with Crippen molar-refractivity contribution < 1.29 is 37.1 Å². The molecule has 202 valence electrons. The van der Waals surface area contributed by atoms with Crippen LogP contribution in [0, 0.1) is 0 Å². The number of aromatic nitrogens is 4. The van der Waals surface area contributed by atoms with Crippen LogP contribution < -0.4 is 5.73 Å². The highest BCUT2D eigenvalue weighted by Crippen LogP contribution is 2.62. The summed E-state index contributed by atoms with van der Waals surface area (Å²) in [6.07, 6.45) is -0.959. The van der Waals surface area contributed by atoms with Crippen molar-refractivity contribution >= 4 is 42.6 Å². The molecule has 2 N–H and O–H groups in total. The lowest BCUT2D eigenvalue weighted by molar-refractivity contribution is -0.0988. The van der Waals surface area contributed by atoms with Crippen LogP contribution in [0.15, 0.2) is 36.9 Å². The number of rotatable bonds is 5. The number of phosphoric ester groups is 1. The van der Waals surface area contributed by atoms with Gasteiger partial charge in [-0.25, -0.2) is 24.3 Å². The Kier molecular flexibility index (Phi) is 5.95. The Morgan fingerprint density at radius 3 is 2.87 bits per heavy atom. The van der Waals surface area contributed by atoms with Crippen molar-refractivity contribution in [2.75, 3.05) is 12.3 Å². The van der Waals surface area contributed by atoms with Gasteiger partial charge in [0.05, 0.1) is 24.6 Å². The van der Waals surface area contributed by atoms with Crippen LogP contribution >= 0.6 is 19.4 Å². The van der Waals surface area contributed by atoms with Crippen molar-refractivity contribution in [2.45, 2.75) is 62.9 Å². The van der Waals surface area contributed by atoms with E-state index in [1.165, 1.54) is 12.7 Å². The van der Waals surface area contributed by atoms with Crippen molar-refractivity contribution in [3.05, 3.63) is 47.5 Å². The van der Waals surface area contributed by atoms with Crippen molar-refractivity contribution in [1.82, 2.24) is 19.5 Å². The third-order valence-corrected chi connectivity index (χ3v) is 8.70. The second-order valence-electron chi connectivity index (χ2n) is 10.1. The number of ether oxygens (including phenoxy) is 3. The monoisotopic (exact) mass is 565 g/mol. The van der Waals surface area contributed by atoms with E-state index >= 15 is 0 Å². The molecule has 0 amide bonds. The number of phosphoric acid groups is 1. The van der Waals surface area contributed by atoms with Crippen LogP contribution in [0.25, 0.3) is 11.2 Å². The molecule has 0 bridgehead atoms. The molecule has 2 aromatic heterocycles. The smallest absolute Gasteiger partial charge is 0.424 e. The van der Waals surface area contributed by atoms with Gasteiger partial charge in [0.15, 0.2) is 29.4 Å². The van der Waals surface area contributed by atoms with Crippen LogP contribution in [0.4, 0.5) is 10.6 Å². The first-order valence-electron chi connectivity index (χ1n) is 11.8. The van der Waals surface area contributed by atoms with Crippen molar-refractivity contribution in [1.29, 1.82) is 0 Å². The van der Waals surface area contributed by atoms with Gasteiger partial charge in [-0.3, -0.25) is 18.1 Å². The normalized spacial score (nSPS) is 34.2. The van der Waals surface area contributed by atoms with E-state index in [0.29, 0.717) is 22.6 Å². The van der Waals surface area contributed by atoms with E-state index in [9.17, 15) is 9.36 Å². The average molecular weight is 566 g/mol.